The van der Waals surface area contributed by atoms with Gasteiger partial charge in [-0.25, -0.2) is 4.98 Å². The number of hydrogen-bond donors (Lipinski definition) is 2. The molecule has 2 N–H and O–H groups in total. The van der Waals surface area contributed by atoms with Gasteiger partial charge in [-0.3, -0.25) is 0 Å². The summed E-state index contributed by atoms with van der Waals surface area (Å²) < 4.78 is 0. The van der Waals surface area contributed by atoms with E-state index in [9.17, 15) is 0 Å². The molecule has 0 unspecified atom stereocenters. The number of pyridine rings is 1. The second-order valence-corrected chi connectivity index (χ2v) is 7.28. The SMILES string of the molecule is C[C@H]1CCCCN1c1ccc(NC(=S)NC2CCCCC2)cn1. The van der Waals surface area contributed by atoms with Gasteiger partial charge < -0.3 is 15.5 Å². The summed E-state index contributed by atoms with van der Waals surface area (Å²) >= 11 is 5.43. The van der Waals surface area contributed by atoms with Crippen molar-refractivity contribution >= 4 is 28.8 Å². The molecule has 2 heterocycles. The van der Waals surface area contributed by atoms with Crippen LogP contribution in [0.2, 0.25) is 0 Å². The lowest BCUT2D eigenvalue weighted by atomic mass is 9.96. The quantitative estimate of drug-likeness (QED) is 0.816. The minimum Gasteiger partial charge on any atom is -0.360 e. The van der Waals surface area contributed by atoms with Crippen molar-refractivity contribution in [2.45, 2.75) is 70.4 Å². The largest absolute Gasteiger partial charge is 0.360 e. The molecule has 23 heavy (non-hydrogen) atoms. The molecule has 1 aliphatic carbocycles. The van der Waals surface area contributed by atoms with E-state index in [-0.39, 0.29) is 0 Å². The molecular weight excluding hydrogens is 304 g/mol. The Morgan fingerprint density at radius 2 is 1.91 bits per heavy atom. The first-order chi connectivity index (χ1) is 11.2. The molecule has 1 aromatic rings. The zero-order valence-corrected chi connectivity index (χ0v) is 14.9. The second kappa shape index (κ2) is 7.95. The van der Waals surface area contributed by atoms with Crippen molar-refractivity contribution in [2.24, 2.45) is 0 Å². The van der Waals surface area contributed by atoms with E-state index in [0.29, 0.717) is 12.1 Å². The van der Waals surface area contributed by atoms with Crippen LogP contribution in [0.15, 0.2) is 18.3 Å². The van der Waals surface area contributed by atoms with Crippen LogP contribution in [0.25, 0.3) is 0 Å². The minimum absolute atomic E-state index is 0.533. The molecule has 1 saturated heterocycles. The summed E-state index contributed by atoms with van der Waals surface area (Å²) in [5, 5.41) is 7.42. The van der Waals surface area contributed by atoms with Crippen molar-refractivity contribution in [2.75, 3.05) is 16.8 Å². The highest BCUT2D eigenvalue weighted by atomic mass is 32.1. The predicted molar refractivity (Wildman–Crippen MR) is 101 cm³/mol. The van der Waals surface area contributed by atoms with Crippen molar-refractivity contribution < 1.29 is 0 Å². The smallest absolute Gasteiger partial charge is 0.171 e. The van der Waals surface area contributed by atoms with Crippen LogP contribution in [0.3, 0.4) is 0 Å². The Labute approximate surface area is 145 Å². The summed E-state index contributed by atoms with van der Waals surface area (Å²) in [5.41, 5.74) is 0.965. The van der Waals surface area contributed by atoms with Gasteiger partial charge >= 0.3 is 0 Å². The lowest BCUT2D eigenvalue weighted by Crippen LogP contribution is -2.39. The fourth-order valence-electron chi connectivity index (χ4n) is 3.67. The third-order valence-electron chi connectivity index (χ3n) is 5.04. The zero-order chi connectivity index (χ0) is 16.1. The zero-order valence-electron chi connectivity index (χ0n) is 14.1. The van der Waals surface area contributed by atoms with E-state index in [0.717, 1.165) is 23.2 Å². The maximum Gasteiger partial charge on any atom is 0.171 e. The molecule has 2 aliphatic rings. The number of anilines is 2. The Morgan fingerprint density at radius 1 is 1.13 bits per heavy atom. The van der Waals surface area contributed by atoms with Crippen LogP contribution in [-0.2, 0) is 0 Å². The fourth-order valence-corrected chi connectivity index (χ4v) is 3.95. The standard InChI is InChI=1S/C18H28N4S/c1-14-7-5-6-12-22(14)17-11-10-16(13-19-17)21-18(23)20-15-8-3-2-4-9-15/h10-11,13-15H,2-9,12H2,1H3,(H2,20,21,23)/t14-/m0/s1. The average Bonchev–Trinajstić information content (AvgIpc) is 2.57. The molecule has 126 valence electrons. The Hall–Kier alpha value is -1.36. The maximum atomic E-state index is 5.43. The highest BCUT2D eigenvalue weighted by Crippen LogP contribution is 2.23. The van der Waals surface area contributed by atoms with E-state index < -0.39 is 0 Å². The molecule has 0 radical (unpaired) electrons. The minimum atomic E-state index is 0.533. The molecule has 1 saturated carbocycles. The van der Waals surface area contributed by atoms with Gasteiger partial charge in [-0.15, -0.1) is 0 Å². The van der Waals surface area contributed by atoms with E-state index >= 15 is 0 Å². The Kier molecular flexibility index (Phi) is 5.70. The van der Waals surface area contributed by atoms with Gasteiger partial charge in [0.2, 0.25) is 0 Å². The van der Waals surface area contributed by atoms with Gasteiger partial charge in [0.25, 0.3) is 0 Å². The number of piperidine rings is 1. The summed E-state index contributed by atoms with van der Waals surface area (Å²) in [6, 6.07) is 5.31. The highest BCUT2D eigenvalue weighted by Gasteiger charge is 2.19. The molecule has 0 aromatic carbocycles. The van der Waals surface area contributed by atoms with Gasteiger partial charge in [0, 0.05) is 18.6 Å². The molecule has 1 aliphatic heterocycles. The monoisotopic (exact) mass is 332 g/mol. The number of thiocarbonyl (C=S) groups is 1. The van der Waals surface area contributed by atoms with Crippen molar-refractivity contribution in [3.05, 3.63) is 18.3 Å². The Balaban J connectivity index is 1.53. The van der Waals surface area contributed by atoms with Crippen LogP contribution in [-0.4, -0.2) is 28.7 Å². The first-order valence-electron chi connectivity index (χ1n) is 9.02. The number of rotatable bonds is 3. The maximum absolute atomic E-state index is 5.43. The average molecular weight is 333 g/mol. The van der Waals surface area contributed by atoms with E-state index in [1.807, 2.05) is 6.20 Å². The van der Waals surface area contributed by atoms with Crippen molar-refractivity contribution in [3.8, 4) is 0 Å². The van der Waals surface area contributed by atoms with Gasteiger partial charge in [-0.05, 0) is 63.4 Å². The van der Waals surface area contributed by atoms with Crippen LogP contribution in [0.1, 0.15) is 58.3 Å². The lowest BCUT2D eigenvalue weighted by Gasteiger charge is -2.34. The topological polar surface area (TPSA) is 40.2 Å². The van der Waals surface area contributed by atoms with Crippen LogP contribution in [0.5, 0.6) is 0 Å². The molecule has 3 rings (SSSR count). The number of nitrogens with one attached hydrogen (secondary N) is 2. The number of nitrogens with zero attached hydrogens (tertiary/aromatic N) is 2. The number of hydrogen-bond acceptors (Lipinski definition) is 3. The summed E-state index contributed by atoms with van der Waals surface area (Å²) in [4.78, 5) is 7.04. The van der Waals surface area contributed by atoms with Crippen molar-refractivity contribution in [1.29, 1.82) is 0 Å². The summed E-state index contributed by atoms with van der Waals surface area (Å²) in [7, 11) is 0. The molecular formula is C18H28N4S. The van der Waals surface area contributed by atoms with Gasteiger partial charge in [-0.2, -0.15) is 0 Å². The van der Waals surface area contributed by atoms with E-state index in [1.54, 1.807) is 0 Å². The molecule has 1 aromatic heterocycles. The van der Waals surface area contributed by atoms with Gasteiger partial charge in [0.15, 0.2) is 5.11 Å². The molecule has 0 amide bonds. The molecule has 5 heteroatoms. The van der Waals surface area contributed by atoms with Crippen LogP contribution >= 0.6 is 12.2 Å². The third kappa shape index (κ3) is 4.56. The molecule has 1 atom stereocenters. The van der Waals surface area contributed by atoms with Crippen molar-refractivity contribution in [3.63, 3.8) is 0 Å². The first-order valence-corrected chi connectivity index (χ1v) is 9.43. The molecule has 0 bridgehead atoms. The van der Waals surface area contributed by atoms with Gasteiger partial charge in [-0.1, -0.05) is 19.3 Å². The highest BCUT2D eigenvalue weighted by molar-refractivity contribution is 7.80. The van der Waals surface area contributed by atoms with Gasteiger partial charge in [0.05, 0.1) is 11.9 Å². The molecule has 2 fully saturated rings. The third-order valence-corrected chi connectivity index (χ3v) is 5.26. The fraction of sp³-hybridized carbons (Fsp3) is 0.667. The van der Waals surface area contributed by atoms with E-state index in [4.69, 9.17) is 12.2 Å². The molecule has 4 nitrogen and oxygen atoms in total. The first kappa shape index (κ1) is 16.5. The summed E-state index contributed by atoms with van der Waals surface area (Å²) in [6.07, 6.45) is 12.2. The number of aromatic nitrogens is 1. The van der Waals surface area contributed by atoms with E-state index in [1.165, 1.54) is 51.4 Å². The van der Waals surface area contributed by atoms with Crippen LogP contribution in [0, 0.1) is 0 Å². The van der Waals surface area contributed by atoms with Crippen LogP contribution in [0.4, 0.5) is 11.5 Å². The lowest BCUT2D eigenvalue weighted by molar-refractivity contribution is 0.415. The Bertz CT molecular complexity index is 510. The normalized spacial score (nSPS) is 22.7. The summed E-state index contributed by atoms with van der Waals surface area (Å²) in [5.74, 6) is 1.08. The molecule has 0 spiro atoms. The Morgan fingerprint density at radius 3 is 2.61 bits per heavy atom. The second-order valence-electron chi connectivity index (χ2n) is 6.88. The van der Waals surface area contributed by atoms with Crippen molar-refractivity contribution in [1.82, 2.24) is 10.3 Å². The van der Waals surface area contributed by atoms with E-state index in [2.05, 4.69) is 39.6 Å². The van der Waals surface area contributed by atoms with Gasteiger partial charge in [0.1, 0.15) is 5.82 Å². The predicted octanol–water partition coefficient (Wildman–Crippen LogP) is 4.08. The summed E-state index contributed by atoms with van der Waals surface area (Å²) in [6.45, 7) is 3.40. The van der Waals surface area contributed by atoms with Crippen LogP contribution < -0.4 is 15.5 Å².